The van der Waals surface area contributed by atoms with Gasteiger partial charge in [0, 0.05) is 25.0 Å². The minimum absolute atomic E-state index is 0.204. The van der Waals surface area contributed by atoms with Crippen molar-refractivity contribution in [1.82, 2.24) is 15.6 Å². The Morgan fingerprint density at radius 2 is 2.28 bits per heavy atom. The van der Waals surface area contributed by atoms with Crippen molar-refractivity contribution in [2.75, 3.05) is 13.2 Å². The van der Waals surface area contributed by atoms with Crippen LogP contribution in [0, 0.1) is 0 Å². The van der Waals surface area contributed by atoms with Gasteiger partial charge in [-0.2, -0.15) is 0 Å². The minimum Gasteiger partial charge on any atom is -0.450 e. The first-order valence-electron chi connectivity index (χ1n) is 5.75. The molecule has 0 fully saturated rings. The van der Waals surface area contributed by atoms with Gasteiger partial charge >= 0.3 is 6.09 Å². The number of pyridine rings is 1. The highest BCUT2D eigenvalue weighted by atomic mass is 16.5. The Morgan fingerprint density at radius 3 is 2.89 bits per heavy atom. The molecule has 1 heterocycles. The first-order valence-corrected chi connectivity index (χ1v) is 5.75. The van der Waals surface area contributed by atoms with Crippen LogP contribution < -0.4 is 10.6 Å². The summed E-state index contributed by atoms with van der Waals surface area (Å²) in [7, 11) is 0. The van der Waals surface area contributed by atoms with Crippen molar-refractivity contribution in [3.8, 4) is 0 Å². The van der Waals surface area contributed by atoms with Gasteiger partial charge in [0.25, 0.3) is 5.91 Å². The summed E-state index contributed by atoms with van der Waals surface area (Å²) < 4.78 is 4.73. The summed E-state index contributed by atoms with van der Waals surface area (Å²) in [6.45, 7) is 4.15. The third-order valence-electron chi connectivity index (χ3n) is 2.13. The van der Waals surface area contributed by atoms with E-state index in [9.17, 15) is 9.59 Å². The highest BCUT2D eigenvalue weighted by molar-refractivity contribution is 5.93. The summed E-state index contributed by atoms with van der Waals surface area (Å²) >= 11 is 0. The summed E-state index contributed by atoms with van der Waals surface area (Å²) in [5.74, 6) is -0.222. The van der Waals surface area contributed by atoms with Crippen LogP contribution in [-0.4, -0.2) is 36.2 Å². The summed E-state index contributed by atoms with van der Waals surface area (Å²) in [4.78, 5) is 26.6. The molecule has 1 atom stereocenters. The maximum atomic E-state index is 11.7. The quantitative estimate of drug-likeness (QED) is 0.816. The highest BCUT2D eigenvalue weighted by Gasteiger charge is 2.10. The summed E-state index contributed by atoms with van der Waals surface area (Å²) in [5, 5.41) is 5.29. The van der Waals surface area contributed by atoms with Gasteiger partial charge in [-0.15, -0.1) is 0 Å². The topological polar surface area (TPSA) is 80.3 Å². The van der Waals surface area contributed by atoms with E-state index < -0.39 is 6.09 Å². The minimum atomic E-state index is -0.486. The van der Waals surface area contributed by atoms with Gasteiger partial charge in [-0.25, -0.2) is 4.79 Å². The molecule has 1 rings (SSSR count). The lowest BCUT2D eigenvalue weighted by Crippen LogP contribution is -2.42. The Kier molecular flexibility index (Phi) is 5.63. The second kappa shape index (κ2) is 7.26. The zero-order valence-electron chi connectivity index (χ0n) is 10.5. The average Bonchev–Trinajstić information content (AvgIpc) is 2.37. The lowest BCUT2D eigenvalue weighted by molar-refractivity contribution is 0.0947. The Morgan fingerprint density at radius 1 is 1.50 bits per heavy atom. The van der Waals surface area contributed by atoms with Crippen LogP contribution >= 0.6 is 0 Å². The van der Waals surface area contributed by atoms with Gasteiger partial charge in [-0.1, -0.05) is 0 Å². The molecule has 98 valence electrons. The van der Waals surface area contributed by atoms with Crippen LogP contribution in [0.3, 0.4) is 0 Å². The zero-order valence-corrected chi connectivity index (χ0v) is 10.5. The summed E-state index contributed by atoms with van der Waals surface area (Å²) in [5.41, 5.74) is 0.487. The maximum Gasteiger partial charge on any atom is 0.407 e. The van der Waals surface area contributed by atoms with Gasteiger partial charge in [0.05, 0.1) is 12.2 Å². The largest absolute Gasteiger partial charge is 0.450 e. The molecule has 0 saturated heterocycles. The first kappa shape index (κ1) is 14.0. The van der Waals surface area contributed by atoms with Crippen LogP contribution in [0.15, 0.2) is 24.5 Å². The third-order valence-corrected chi connectivity index (χ3v) is 2.13. The van der Waals surface area contributed by atoms with Crippen LogP contribution in [0.2, 0.25) is 0 Å². The number of nitrogens with zero attached hydrogens (tertiary/aromatic N) is 1. The standard InChI is InChI=1S/C12H17N3O3/c1-3-18-12(17)15-9(2)7-14-11(16)10-5-4-6-13-8-10/h4-6,8-9H,3,7H2,1-2H3,(H,14,16)(H,15,17). The Labute approximate surface area is 106 Å². The number of aromatic nitrogens is 1. The fraction of sp³-hybridized carbons (Fsp3) is 0.417. The van der Waals surface area contributed by atoms with Crippen molar-refractivity contribution in [2.24, 2.45) is 0 Å². The monoisotopic (exact) mass is 251 g/mol. The molecule has 0 aromatic carbocycles. The molecule has 0 aliphatic rings. The number of ether oxygens (including phenoxy) is 1. The van der Waals surface area contributed by atoms with E-state index in [2.05, 4.69) is 15.6 Å². The van der Waals surface area contributed by atoms with Gasteiger partial charge in [0.15, 0.2) is 0 Å². The Bertz CT molecular complexity index is 395. The van der Waals surface area contributed by atoms with E-state index in [1.807, 2.05) is 0 Å². The number of alkyl carbamates (subject to hydrolysis) is 1. The van der Waals surface area contributed by atoms with Crippen LogP contribution in [0.1, 0.15) is 24.2 Å². The first-order chi connectivity index (χ1) is 8.63. The second-order valence-electron chi connectivity index (χ2n) is 3.72. The molecule has 0 aliphatic carbocycles. The smallest absolute Gasteiger partial charge is 0.407 e. The van der Waals surface area contributed by atoms with Gasteiger partial charge in [0.1, 0.15) is 0 Å². The molecule has 1 unspecified atom stereocenters. The van der Waals surface area contributed by atoms with Crippen molar-refractivity contribution in [1.29, 1.82) is 0 Å². The fourth-order valence-electron chi connectivity index (χ4n) is 1.27. The van der Waals surface area contributed by atoms with Crippen LogP contribution in [-0.2, 0) is 4.74 Å². The number of amides is 2. The van der Waals surface area contributed by atoms with E-state index in [1.54, 1.807) is 32.2 Å². The number of carbonyl (C=O) groups excluding carboxylic acids is 2. The van der Waals surface area contributed by atoms with Crippen molar-refractivity contribution in [3.05, 3.63) is 30.1 Å². The van der Waals surface area contributed by atoms with Gasteiger partial charge in [0.2, 0.25) is 0 Å². The van der Waals surface area contributed by atoms with E-state index in [0.717, 1.165) is 0 Å². The van der Waals surface area contributed by atoms with Gasteiger partial charge < -0.3 is 15.4 Å². The van der Waals surface area contributed by atoms with Crippen LogP contribution in [0.4, 0.5) is 4.79 Å². The zero-order chi connectivity index (χ0) is 13.4. The van der Waals surface area contributed by atoms with Gasteiger partial charge in [-0.05, 0) is 26.0 Å². The fourth-order valence-corrected chi connectivity index (χ4v) is 1.27. The molecule has 2 amide bonds. The third kappa shape index (κ3) is 4.82. The van der Waals surface area contributed by atoms with E-state index in [0.29, 0.717) is 18.7 Å². The number of hydrogen-bond acceptors (Lipinski definition) is 4. The second-order valence-corrected chi connectivity index (χ2v) is 3.72. The van der Waals surface area contributed by atoms with E-state index in [-0.39, 0.29) is 11.9 Å². The van der Waals surface area contributed by atoms with Crippen molar-refractivity contribution < 1.29 is 14.3 Å². The predicted molar refractivity (Wildman–Crippen MR) is 66.2 cm³/mol. The van der Waals surface area contributed by atoms with E-state index >= 15 is 0 Å². The maximum absolute atomic E-state index is 11.7. The molecular formula is C12H17N3O3. The predicted octanol–water partition coefficient (Wildman–Crippen LogP) is 0.946. The van der Waals surface area contributed by atoms with Gasteiger partial charge in [-0.3, -0.25) is 9.78 Å². The van der Waals surface area contributed by atoms with Crippen molar-refractivity contribution >= 4 is 12.0 Å². The number of carbonyl (C=O) groups is 2. The molecule has 2 N–H and O–H groups in total. The average molecular weight is 251 g/mol. The Hall–Kier alpha value is -2.11. The molecule has 6 nitrogen and oxygen atoms in total. The Balaban J connectivity index is 2.32. The van der Waals surface area contributed by atoms with E-state index in [1.165, 1.54) is 6.20 Å². The summed E-state index contributed by atoms with van der Waals surface area (Å²) in [6, 6.07) is 3.16. The summed E-state index contributed by atoms with van der Waals surface area (Å²) in [6.07, 6.45) is 2.60. The lowest BCUT2D eigenvalue weighted by atomic mass is 10.2. The number of nitrogens with one attached hydrogen (secondary N) is 2. The SMILES string of the molecule is CCOC(=O)NC(C)CNC(=O)c1cccnc1. The molecule has 0 saturated carbocycles. The number of hydrogen-bond donors (Lipinski definition) is 2. The lowest BCUT2D eigenvalue weighted by Gasteiger charge is -2.14. The molecule has 0 radical (unpaired) electrons. The van der Waals surface area contributed by atoms with E-state index in [4.69, 9.17) is 4.74 Å². The molecule has 0 aliphatic heterocycles. The molecular weight excluding hydrogens is 234 g/mol. The molecule has 0 bridgehead atoms. The molecule has 1 aromatic rings. The normalized spacial score (nSPS) is 11.4. The van der Waals surface area contributed by atoms with Crippen LogP contribution in [0.5, 0.6) is 0 Å². The van der Waals surface area contributed by atoms with Crippen molar-refractivity contribution in [3.63, 3.8) is 0 Å². The molecule has 0 spiro atoms. The molecule has 6 heteroatoms. The molecule has 18 heavy (non-hydrogen) atoms. The molecule has 1 aromatic heterocycles. The van der Waals surface area contributed by atoms with Crippen molar-refractivity contribution in [2.45, 2.75) is 19.9 Å². The number of rotatable bonds is 5. The highest BCUT2D eigenvalue weighted by Crippen LogP contribution is 1.95. The van der Waals surface area contributed by atoms with Crippen LogP contribution in [0.25, 0.3) is 0 Å².